The number of nitrogens with zero attached hydrogens (tertiary/aromatic N) is 2. The van der Waals surface area contributed by atoms with Crippen LogP contribution >= 0.6 is 36.2 Å². The average Bonchev–Trinajstić information content (AvgIpc) is 3.31. The second kappa shape index (κ2) is 9.78. The predicted molar refractivity (Wildman–Crippen MR) is 122 cm³/mol. The topological polar surface area (TPSA) is 53.6 Å². The number of amidine groups is 1. The van der Waals surface area contributed by atoms with E-state index < -0.39 is 0 Å². The van der Waals surface area contributed by atoms with Crippen LogP contribution in [0.2, 0.25) is 0 Å². The van der Waals surface area contributed by atoms with Crippen LogP contribution in [-0.4, -0.2) is 31.5 Å². The Morgan fingerprint density at radius 3 is 2.63 bits per heavy atom. The third-order valence-electron chi connectivity index (χ3n) is 5.57. The summed E-state index contributed by atoms with van der Waals surface area (Å²) in [7, 11) is 2.08. The molecule has 1 saturated carbocycles. The molecule has 1 aromatic carbocycles. The molecule has 3 N–H and O–H groups in total. The second-order valence-corrected chi connectivity index (χ2v) is 7.97. The van der Waals surface area contributed by atoms with E-state index in [1.807, 2.05) is 17.5 Å². The van der Waals surface area contributed by atoms with E-state index in [1.165, 1.54) is 36.9 Å². The number of aliphatic imine (C=N–C) groups is 1. The lowest BCUT2D eigenvalue weighted by atomic mass is 9.90. The lowest BCUT2D eigenvalue weighted by Crippen LogP contribution is -2.41. The van der Waals surface area contributed by atoms with Crippen LogP contribution in [0.25, 0.3) is 0 Å². The predicted octanol–water partition coefficient (Wildman–Crippen LogP) is 4.52. The van der Waals surface area contributed by atoms with Gasteiger partial charge in [0.25, 0.3) is 0 Å². The summed E-state index contributed by atoms with van der Waals surface area (Å²) in [5.74, 6) is 0.606. The molecule has 1 aliphatic carbocycles. The molecule has 4 rings (SSSR count). The molecule has 0 radical (unpaired) electrons. The van der Waals surface area contributed by atoms with Gasteiger partial charge in [0.2, 0.25) is 0 Å². The Morgan fingerprint density at radius 1 is 1.19 bits per heavy atom. The number of rotatable bonds is 4. The van der Waals surface area contributed by atoms with E-state index in [0.717, 1.165) is 23.5 Å². The highest BCUT2D eigenvalue weighted by Crippen LogP contribution is 2.36. The first kappa shape index (κ1) is 22.0. The van der Waals surface area contributed by atoms with Crippen molar-refractivity contribution in [3.63, 3.8) is 0 Å². The van der Waals surface area contributed by atoms with Gasteiger partial charge in [-0.05, 0) is 68.3 Å². The highest BCUT2D eigenvalue weighted by atomic mass is 35.5. The van der Waals surface area contributed by atoms with Gasteiger partial charge in [0, 0.05) is 24.3 Å². The van der Waals surface area contributed by atoms with Gasteiger partial charge in [-0.15, -0.1) is 36.2 Å². The number of fused-ring (bicyclic) bond motifs is 1. The summed E-state index contributed by atoms with van der Waals surface area (Å²) in [6.07, 6.45) is 6.24. The van der Waals surface area contributed by atoms with Gasteiger partial charge in [0.1, 0.15) is 5.84 Å². The minimum Gasteiger partial charge on any atom is -0.383 e. The van der Waals surface area contributed by atoms with E-state index in [4.69, 9.17) is 5.73 Å². The van der Waals surface area contributed by atoms with Crippen LogP contribution in [0.4, 0.5) is 11.4 Å². The number of hydrogen-bond donors (Lipinski definition) is 2. The maximum absolute atomic E-state index is 6.16. The summed E-state index contributed by atoms with van der Waals surface area (Å²) in [4.78, 5) is 8.30. The summed E-state index contributed by atoms with van der Waals surface area (Å²) in [5.41, 5.74) is 9.94. The number of nitrogens with two attached hydrogens (primary N) is 1. The molecule has 2 heterocycles. The SMILES string of the molecule is CNC1CCC(N2CCc3ccc(N=C(N)c4cccs4)cc32)CC1.Cl.Cl. The standard InChI is InChI=1S/C20H26N4S.2ClH/c1-22-15-6-8-17(9-7-15)24-11-10-14-4-5-16(13-18(14)24)23-20(21)19-3-2-12-25-19;;/h2-5,12-13,15,17,22H,6-11H2,1H3,(H2,21,23);2*1H. The minimum absolute atomic E-state index is 0. The van der Waals surface area contributed by atoms with E-state index >= 15 is 0 Å². The molecule has 0 bridgehead atoms. The Hall–Kier alpha value is -1.27. The number of nitrogens with one attached hydrogen (secondary N) is 1. The summed E-state index contributed by atoms with van der Waals surface area (Å²) in [6.45, 7) is 1.14. The highest BCUT2D eigenvalue weighted by molar-refractivity contribution is 7.12. The largest absolute Gasteiger partial charge is 0.383 e. The molecule has 2 aromatic rings. The molecule has 1 aromatic heterocycles. The van der Waals surface area contributed by atoms with Crippen LogP contribution in [0.5, 0.6) is 0 Å². The minimum atomic E-state index is 0. The molecule has 7 heteroatoms. The van der Waals surface area contributed by atoms with Crippen molar-refractivity contribution in [1.82, 2.24) is 5.32 Å². The van der Waals surface area contributed by atoms with E-state index in [2.05, 4.69) is 40.5 Å². The molecule has 0 atom stereocenters. The fraction of sp³-hybridized carbons (Fsp3) is 0.450. The molecule has 1 aliphatic heterocycles. The Balaban J connectivity index is 0.00000131. The van der Waals surface area contributed by atoms with Crippen LogP contribution in [0.3, 0.4) is 0 Å². The number of anilines is 1. The maximum atomic E-state index is 6.16. The summed E-state index contributed by atoms with van der Waals surface area (Å²) < 4.78 is 0. The third kappa shape index (κ3) is 4.77. The molecule has 1 fully saturated rings. The first-order valence-electron chi connectivity index (χ1n) is 9.19. The van der Waals surface area contributed by atoms with Crippen LogP contribution in [0.15, 0.2) is 40.7 Å². The lowest BCUT2D eigenvalue weighted by molar-refractivity contribution is 0.347. The van der Waals surface area contributed by atoms with Crippen molar-refractivity contribution in [3.8, 4) is 0 Å². The fourth-order valence-corrected chi connectivity index (χ4v) is 4.76. The van der Waals surface area contributed by atoms with Crippen LogP contribution in [0.1, 0.15) is 36.1 Å². The first-order valence-corrected chi connectivity index (χ1v) is 10.1. The van der Waals surface area contributed by atoms with Gasteiger partial charge in [-0.1, -0.05) is 12.1 Å². The maximum Gasteiger partial charge on any atom is 0.141 e. The lowest BCUT2D eigenvalue weighted by Gasteiger charge is -2.36. The Morgan fingerprint density at radius 2 is 1.96 bits per heavy atom. The fourth-order valence-electron chi connectivity index (χ4n) is 4.14. The second-order valence-electron chi connectivity index (χ2n) is 7.02. The number of hydrogen-bond acceptors (Lipinski definition) is 4. The number of thiophene rings is 1. The molecular formula is C20H28Cl2N4S. The summed E-state index contributed by atoms with van der Waals surface area (Å²) >= 11 is 1.63. The molecule has 148 valence electrons. The van der Waals surface area contributed by atoms with Gasteiger partial charge >= 0.3 is 0 Å². The smallest absolute Gasteiger partial charge is 0.141 e. The molecule has 0 amide bonds. The van der Waals surface area contributed by atoms with E-state index in [0.29, 0.717) is 17.9 Å². The first-order chi connectivity index (χ1) is 12.2. The zero-order chi connectivity index (χ0) is 17.2. The normalized spacial score (nSPS) is 22.0. The monoisotopic (exact) mass is 426 g/mol. The number of halogens is 2. The van der Waals surface area contributed by atoms with Gasteiger partial charge in [-0.2, -0.15) is 0 Å². The van der Waals surface area contributed by atoms with Crippen molar-refractivity contribution in [2.75, 3.05) is 18.5 Å². The summed E-state index contributed by atoms with van der Waals surface area (Å²) in [5, 5.41) is 5.46. The third-order valence-corrected chi connectivity index (χ3v) is 6.46. The molecule has 2 aliphatic rings. The van der Waals surface area contributed by atoms with Crippen LogP contribution in [0, 0.1) is 0 Å². The molecule has 4 nitrogen and oxygen atoms in total. The quantitative estimate of drug-likeness (QED) is 0.557. The van der Waals surface area contributed by atoms with E-state index in [9.17, 15) is 0 Å². The van der Waals surface area contributed by atoms with E-state index in [1.54, 1.807) is 11.3 Å². The van der Waals surface area contributed by atoms with Gasteiger partial charge in [0.15, 0.2) is 0 Å². The van der Waals surface area contributed by atoms with Crippen molar-refractivity contribution in [3.05, 3.63) is 46.2 Å². The van der Waals surface area contributed by atoms with Crippen molar-refractivity contribution >= 4 is 53.4 Å². The van der Waals surface area contributed by atoms with Crippen molar-refractivity contribution < 1.29 is 0 Å². The molecule has 0 spiro atoms. The molecule has 0 saturated heterocycles. The van der Waals surface area contributed by atoms with Gasteiger partial charge in [-0.3, -0.25) is 0 Å². The molecular weight excluding hydrogens is 399 g/mol. The summed E-state index contributed by atoms with van der Waals surface area (Å²) in [6, 6.07) is 11.9. The van der Waals surface area contributed by atoms with Crippen LogP contribution < -0.4 is 16.0 Å². The van der Waals surface area contributed by atoms with Gasteiger partial charge in [-0.25, -0.2) is 4.99 Å². The van der Waals surface area contributed by atoms with Gasteiger partial charge < -0.3 is 16.0 Å². The van der Waals surface area contributed by atoms with Crippen molar-refractivity contribution in [2.24, 2.45) is 10.7 Å². The zero-order valence-electron chi connectivity index (χ0n) is 15.6. The molecule has 27 heavy (non-hydrogen) atoms. The zero-order valence-corrected chi connectivity index (χ0v) is 18.0. The Labute approximate surface area is 178 Å². The van der Waals surface area contributed by atoms with Crippen LogP contribution in [-0.2, 0) is 6.42 Å². The highest BCUT2D eigenvalue weighted by Gasteiger charge is 2.29. The van der Waals surface area contributed by atoms with Crippen molar-refractivity contribution in [1.29, 1.82) is 0 Å². The Bertz CT molecular complexity index is 755. The van der Waals surface area contributed by atoms with Gasteiger partial charge in [0.05, 0.1) is 10.6 Å². The molecule has 0 unspecified atom stereocenters. The average molecular weight is 427 g/mol. The Kier molecular flexibility index (Phi) is 7.98. The number of benzene rings is 1. The van der Waals surface area contributed by atoms with Crippen molar-refractivity contribution in [2.45, 2.75) is 44.2 Å². The van der Waals surface area contributed by atoms with E-state index in [-0.39, 0.29) is 24.8 Å².